The Labute approximate surface area is 182 Å². The van der Waals surface area contributed by atoms with Crippen molar-refractivity contribution in [2.24, 2.45) is 12.5 Å². The number of rotatable bonds is 8. The lowest BCUT2D eigenvalue weighted by atomic mass is 9.79. The minimum absolute atomic E-state index is 0.0127. The standard InChI is InChI=1S/C22H31N5O2S/c1-5-6-8-24-20(28)14-30-17-7-9-23-19(10-17)21(29)27-13-18(22(2,3)15-27)16-11-25-26(4)12-16/h7,9-12,18H,5-6,8,13-15H2,1-4H3,(H,24,28). The van der Waals surface area contributed by atoms with Crippen LogP contribution in [0.4, 0.5) is 0 Å². The lowest BCUT2D eigenvalue weighted by Crippen LogP contribution is -2.30. The maximum absolute atomic E-state index is 13.1. The smallest absolute Gasteiger partial charge is 0.272 e. The maximum atomic E-state index is 13.1. The van der Waals surface area contributed by atoms with Crippen LogP contribution in [0.1, 0.15) is 55.6 Å². The first-order chi connectivity index (χ1) is 14.3. The Morgan fingerprint density at radius 1 is 1.37 bits per heavy atom. The van der Waals surface area contributed by atoms with E-state index in [1.54, 1.807) is 16.9 Å². The van der Waals surface area contributed by atoms with E-state index in [2.05, 4.69) is 36.2 Å². The van der Waals surface area contributed by atoms with E-state index in [9.17, 15) is 9.59 Å². The molecule has 0 bridgehead atoms. The van der Waals surface area contributed by atoms with Crippen molar-refractivity contribution in [3.05, 3.63) is 42.0 Å². The third-order valence-corrected chi connectivity index (χ3v) is 6.53. The zero-order chi connectivity index (χ0) is 21.7. The molecule has 0 aliphatic carbocycles. The second-order valence-corrected chi connectivity index (χ2v) is 9.59. The number of carbonyl (C=O) groups excluding carboxylic acids is 2. The zero-order valence-corrected chi connectivity index (χ0v) is 19.0. The Hall–Kier alpha value is -2.35. The van der Waals surface area contributed by atoms with Crippen LogP contribution in [0.3, 0.4) is 0 Å². The summed E-state index contributed by atoms with van der Waals surface area (Å²) in [6.07, 6.45) is 7.60. The third-order valence-electron chi connectivity index (χ3n) is 5.53. The van der Waals surface area contributed by atoms with Gasteiger partial charge in [-0.05, 0) is 29.5 Å². The van der Waals surface area contributed by atoms with Crippen molar-refractivity contribution in [1.29, 1.82) is 0 Å². The molecule has 8 heteroatoms. The molecule has 0 spiro atoms. The average Bonchev–Trinajstić information content (AvgIpc) is 3.28. The number of likely N-dealkylation sites (tertiary alicyclic amines) is 1. The van der Waals surface area contributed by atoms with E-state index in [1.807, 2.05) is 30.4 Å². The van der Waals surface area contributed by atoms with Crippen LogP contribution in [0.5, 0.6) is 0 Å². The molecule has 2 aromatic rings. The van der Waals surface area contributed by atoms with Crippen LogP contribution < -0.4 is 5.32 Å². The van der Waals surface area contributed by atoms with Crippen LogP contribution in [0.25, 0.3) is 0 Å². The van der Waals surface area contributed by atoms with Gasteiger partial charge in [-0.25, -0.2) is 0 Å². The lowest BCUT2D eigenvalue weighted by Gasteiger charge is -2.24. The number of pyridine rings is 1. The van der Waals surface area contributed by atoms with Crippen molar-refractivity contribution in [1.82, 2.24) is 25.0 Å². The number of thioether (sulfide) groups is 1. The van der Waals surface area contributed by atoms with Crippen molar-refractivity contribution in [2.75, 3.05) is 25.4 Å². The molecule has 1 aliphatic heterocycles. The Morgan fingerprint density at radius 2 is 2.17 bits per heavy atom. The van der Waals surface area contributed by atoms with Crippen LogP contribution in [-0.4, -0.2) is 56.9 Å². The van der Waals surface area contributed by atoms with Crippen LogP contribution in [0, 0.1) is 5.41 Å². The minimum atomic E-state index is -0.0655. The van der Waals surface area contributed by atoms with Gasteiger partial charge in [-0.2, -0.15) is 5.10 Å². The average molecular weight is 430 g/mol. The molecule has 1 aliphatic rings. The van der Waals surface area contributed by atoms with Gasteiger partial charge in [0, 0.05) is 49.9 Å². The van der Waals surface area contributed by atoms with Gasteiger partial charge in [0.25, 0.3) is 5.91 Å². The van der Waals surface area contributed by atoms with Gasteiger partial charge in [0.1, 0.15) is 5.69 Å². The van der Waals surface area contributed by atoms with E-state index in [4.69, 9.17) is 0 Å². The number of amides is 2. The molecular weight excluding hydrogens is 398 g/mol. The van der Waals surface area contributed by atoms with E-state index in [-0.39, 0.29) is 23.1 Å². The number of nitrogens with zero attached hydrogens (tertiary/aromatic N) is 4. The second kappa shape index (κ2) is 9.64. The number of nitrogens with one attached hydrogen (secondary N) is 1. The molecule has 3 rings (SSSR count). The number of aromatic nitrogens is 3. The SMILES string of the molecule is CCCCNC(=O)CSc1ccnc(C(=O)N2CC(c3cnn(C)c3)C(C)(C)C2)c1. The van der Waals surface area contributed by atoms with Crippen LogP contribution in [-0.2, 0) is 11.8 Å². The van der Waals surface area contributed by atoms with Crippen LogP contribution in [0.15, 0.2) is 35.6 Å². The van der Waals surface area contributed by atoms with Gasteiger partial charge in [-0.15, -0.1) is 11.8 Å². The van der Waals surface area contributed by atoms with Crippen molar-refractivity contribution in [2.45, 2.75) is 44.4 Å². The number of carbonyl (C=O) groups is 2. The molecular formula is C22H31N5O2S. The Morgan fingerprint density at radius 3 is 2.87 bits per heavy atom. The van der Waals surface area contributed by atoms with Crippen molar-refractivity contribution < 1.29 is 9.59 Å². The molecule has 1 N–H and O–H groups in total. The molecule has 2 aromatic heterocycles. The monoisotopic (exact) mass is 429 g/mol. The molecule has 1 fully saturated rings. The Kier molecular flexibility index (Phi) is 7.18. The Balaban J connectivity index is 1.63. The second-order valence-electron chi connectivity index (χ2n) is 8.54. The van der Waals surface area contributed by atoms with E-state index in [0.29, 0.717) is 31.1 Å². The lowest BCUT2D eigenvalue weighted by molar-refractivity contribution is -0.118. The van der Waals surface area contributed by atoms with Gasteiger partial charge in [0.05, 0.1) is 11.9 Å². The van der Waals surface area contributed by atoms with Gasteiger partial charge in [0.15, 0.2) is 0 Å². The summed E-state index contributed by atoms with van der Waals surface area (Å²) in [7, 11) is 1.91. The highest BCUT2D eigenvalue weighted by molar-refractivity contribution is 8.00. The van der Waals surface area contributed by atoms with Gasteiger partial charge >= 0.3 is 0 Å². The molecule has 3 heterocycles. The molecule has 162 valence electrons. The predicted molar refractivity (Wildman–Crippen MR) is 119 cm³/mol. The predicted octanol–water partition coefficient (Wildman–Crippen LogP) is 3.09. The summed E-state index contributed by atoms with van der Waals surface area (Å²) >= 11 is 1.43. The number of hydrogen-bond acceptors (Lipinski definition) is 5. The first-order valence-corrected chi connectivity index (χ1v) is 11.4. The van der Waals surface area contributed by atoms with Crippen molar-refractivity contribution >= 4 is 23.6 Å². The van der Waals surface area contributed by atoms with Gasteiger partial charge in [-0.1, -0.05) is 27.2 Å². The molecule has 0 radical (unpaired) electrons. The van der Waals surface area contributed by atoms with E-state index >= 15 is 0 Å². The first kappa shape index (κ1) is 22.3. The summed E-state index contributed by atoms with van der Waals surface area (Å²) in [5.74, 6) is 0.517. The van der Waals surface area contributed by atoms with E-state index in [1.165, 1.54) is 11.8 Å². The largest absolute Gasteiger partial charge is 0.355 e. The van der Waals surface area contributed by atoms with Gasteiger partial charge in [0.2, 0.25) is 5.91 Å². The Bertz CT molecular complexity index is 895. The van der Waals surface area contributed by atoms with Crippen molar-refractivity contribution in [3.63, 3.8) is 0 Å². The molecule has 0 aromatic carbocycles. The normalized spacial score (nSPS) is 17.9. The van der Waals surface area contributed by atoms with Gasteiger partial charge < -0.3 is 10.2 Å². The molecule has 1 unspecified atom stereocenters. The highest BCUT2D eigenvalue weighted by Gasteiger charge is 2.42. The summed E-state index contributed by atoms with van der Waals surface area (Å²) in [6, 6.07) is 3.63. The third kappa shape index (κ3) is 5.41. The fourth-order valence-electron chi connectivity index (χ4n) is 3.85. The quantitative estimate of drug-likeness (QED) is 0.515. The summed E-state index contributed by atoms with van der Waals surface area (Å²) < 4.78 is 1.80. The number of unbranched alkanes of at least 4 members (excludes halogenated alkanes) is 1. The van der Waals surface area contributed by atoms with Crippen molar-refractivity contribution in [3.8, 4) is 0 Å². The molecule has 1 saturated heterocycles. The molecule has 0 saturated carbocycles. The fourth-order valence-corrected chi connectivity index (χ4v) is 4.60. The maximum Gasteiger partial charge on any atom is 0.272 e. The summed E-state index contributed by atoms with van der Waals surface area (Å²) in [6.45, 7) is 8.50. The summed E-state index contributed by atoms with van der Waals surface area (Å²) in [5.41, 5.74) is 1.54. The topological polar surface area (TPSA) is 80.1 Å². The highest BCUT2D eigenvalue weighted by Crippen LogP contribution is 2.42. The fraction of sp³-hybridized carbons (Fsp3) is 0.545. The number of aryl methyl sites for hydroxylation is 1. The highest BCUT2D eigenvalue weighted by atomic mass is 32.2. The number of hydrogen-bond donors (Lipinski definition) is 1. The molecule has 7 nitrogen and oxygen atoms in total. The summed E-state index contributed by atoms with van der Waals surface area (Å²) in [4.78, 5) is 32.1. The van der Waals surface area contributed by atoms with E-state index < -0.39 is 0 Å². The zero-order valence-electron chi connectivity index (χ0n) is 18.2. The minimum Gasteiger partial charge on any atom is -0.355 e. The van der Waals surface area contributed by atoms with Gasteiger partial charge in [-0.3, -0.25) is 19.3 Å². The molecule has 2 amide bonds. The molecule has 1 atom stereocenters. The van der Waals surface area contributed by atoms with Crippen LogP contribution >= 0.6 is 11.8 Å². The van der Waals surface area contributed by atoms with E-state index in [0.717, 1.165) is 23.3 Å². The summed E-state index contributed by atoms with van der Waals surface area (Å²) in [5, 5.41) is 7.20. The first-order valence-electron chi connectivity index (χ1n) is 10.4. The van der Waals surface area contributed by atoms with Crippen LogP contribution in [0.2, 0.25) is 0 Å². The molecule has 30 heavy (non-hydrogen) atoms.